The van der Waals surface area contributed by atoms with Gasteiger partial charge in [0.25, 0.3) is 0 Å². The highest BCUT2D eigenvalue weighted by Gasteiger charge is 2.29. The van der Waals surface area contributed by atoms with E-state index < -0.39 is 0 Å². The number of benzene rings is 1. The van der Waals surface area contributed by atoms with Gasteiger partial charge in [0.15, 0.2) is 0 Å². The molecule has 2 aliphatic heterocycles. The van der Waals surface area contributed by atoms with E-state index in [-0.39, 0.29) is 49.5 Å². The van der Waals surface area contributed by atoms with Gasteiger partial charge in [-0.1, -0.05) is 31.2 Å². The number of amides is 1. The predicted octanol–water partition coefficient (Wildman–Crippen LogP) is 1.55. The fourth-order valence-corrected chi connectivity index (χ4v) is 2.93. The van der Waals surface area contributed by atoms with Crippen molar-refractivity contribution in [3.05, 3.63) is 35.4 Å². The number of rotatable bonds is 5. The molecule has 0 spiro atoms. The van der Waals surface area contributed by atoms with E-state index in [1.54, 1.807) is 0 Å². The molecule has 0 bridgehead atoms. The molecule has 1 atom stereocenters. The first-order chi connectivity index (χ1) is 10.8. The smallest absolute Gasteiger partial charge is 0.249 e. The van der Waals surface area contributed by atoms with Crippen molar-refractivity contribution in [1.29, 1.82) is 0 Å². The Kier molecular flexibility index (Phi) is 9.02. The van der Waals surface area contributed by atoms with Crippen LogP contribution in [0.15, 0.2) is 24.3 Å². The van der Waals surface area contributed by atoms with Crippen molar-refractivity contribution >= 4 is 30.7 Å². The van der Waals surface area contributed by atoms with E-state index in [0.717, 1.165) is 39.1 Å². The zero-order valence-corrected chi connectivity index (χ0v) is 15.6. The van der Waals surface area contributed by atoms with E-state index in [1.807, 2.05) is 4.90 Å². The van der Waals surface area contributed by atoms with Crippen molar-refractivity contribution in [3.8, 4) is 0 Å². The fraction of sp³-hybridized carbons (Fsp3) is 0.588. The van der Waals surface area contributed by atoms with Gasteiger partial charge < -0.3 is 20.3 Å². The maximum atomic E-state index is 12.5. The van der Waals surface area contributed by atoms with E-state index in [1.165, 1.54) is 11.1 Å². The van der Waals surface area contributed by atoms with Gasteiger partial charge in [-0.15, -0.1) is 24.8 Å². The summed E-state index contributed by atoms with van der Waals surface area (Å²) in [6, 6.07) is 8.71. The summed E-state index contributed by atoms with van der Waals surface area (Å²) < 4.78 is 5.64. The van der Waals surface area contributed by atoms with E-state index in [4.69, 9.17) is 4.74 Å². The summed E-state index contributed by atoms with van der Waals surface area (Å²) in [5.74, 6) is 0.0953. The van der Waals surface area contributed by atoms with Gasteiger partial charge >= 0.3 is 0 Å². The Bertz CT molecular complexity index is 509. The zero-order valence-electron chi connectivity index (χ0n) is 14.0. The molecule has 5 nitrogen and oxygen atoms in total. The van der Waals surface area contributed by atoms with Gasteiger partial charge in [0, 0.05) is 32.7 Å². The number of halogens is 2. The molecule has 2 heterocycles. The van der Waals surface area contributed by atoms with Gasteiger partial charge in [-0.2, -0.15) is 0 Å². The molecule has 2 N–H and O–H groups in total. The van der Waals surface area contributed by atoms with Gasteiger partial charge in [0.2, 0.25) is 5.91 Å². The van der Waals surface area contributed by atoms with Crippen molar-refractivity contribution < 1.29 is 9.53 Å². The minimum atomic E-state index is 0. The number of ether oxygens (including phenoxy) is 1. The minimum absolute atomic E-state index is 0. The van der Waals surface area contributed by atoms with Crippen LogP contribution in [-0.4, -0.2) is 56.2 Å². The quantitative estimate of drug-likeness (QED) is 0.819. The number of piperazine rings is 1. The van der Waals surface area contributed by atoms with Crippen molar-refractivity contribution in [3.63, 3.8) is 0 Å². The van der Waals surface area contributed by atoms with Crippen LogP contribution < -0.4 is 10.6 Å². The lowest BCUT2D eigenvalue weighted by Crippen LogP contribution is -2.52. The summed E-state index contributed by atoms with van der Waals surface area (Å²) in [6.07, 6.45) is 1.24. The second kappa shape index (κ2) is 10.2. The molecule has 2 saturated heterocycles. The topological polar surface area (TPSA) is 53.6 Å². The van der Waals surface area contributed by atoms with Gasteiger partial charge in [0.05, 0.1) is 12.1 Å². The first-order valence-electron chi connectivity index (χ1n) is 8.19. The maximum Gasteiger partial charge on any atom is 0.249 e. The molecule has 1 amide bonds. The van der Waals surface area contributed by atoms with Crippen LogP contribution in [0.2, 0.25) is 0 Å². The van der Waals surface area contributed by atoms with E-state index in [0.29, 0.717) is 0 Å². The zero-order chi connectivity index (χ0) is 15.4. The average molecular weight is 376 g/mol. The fourth-order valence-electron chi connectivity index (χ4n) is 2.93. The summed E-state index contributed by atoms with van der Waals surface area (Å²) in [4.78, 5) is 14.5. The second-order valence-electron chi connectivity index (χ2n) is 5.99. The van der Waals surface area contributed by atoms with E-state index >= 15 is 0 Å². The van der Waals surface area contributed by atoms with Crippen LogP contribution in [-0.2, 0) is 16.0 Å². The van der Waals surface area contributed by atoms with Crippen molar-refractivity contribution in [2.24, 2.45) is 0 Å². The highest BCUT2D eigenvalue weighted by molar-refractivity contribution is 5.85. The Balaban J connectivity index is 0.00000144. The summed E-state index contributed by atoms with van der Waals surface area (Å²) in [7, 11) is 0. The first-order valence-corrected chi connectivity index (χ1v) is 8.19. The van der Waals surface area contributed by atoms with Gasteiger partial charge in [0.1, 0.15) is 6.61 Å². The SMILES string of the molecule is CCc1ccc(C2CNCCN2C(=O)COC2CNC2)cc1.Cl.Cl. The number of hydrogen-bond acceptors (Lipinski definition) is 4. The minimum Gasteiger partial charge on any atom is -0.366 e. The normalized spacial score (nSPS) is 20.5. The molecule has 7 heteroatoms. The molecule has 1 aromatic rings. The van der Waals surface area contributed by atoms with Crippen LogP contribution >= 0.6 is 24.8 Å². The molecule has 2 aliphatic rings. The van der Waals surface area contributed by atoms with Crippen LogP contribution in [0.25, 0.3) is 0 Å². The Hall–Kier alpha value is -0.850. The summed E-state index contributed by atoms with van der Waals surface area (Å²) in [5.41, 5.74) is 2.52. The number of carbonyl (C=O) groups is 1. The van der Waals surface area contributed by atoms with Gasteiger partial charge in [-0.3, -0.25) is 4.79 Å². The molecule has 0 aliphatic carbocycles. The van der Waals surface area contributed by atoms with Crippen LogP contribution in [0.3, 0.4) is 0 Å². The molecule has 136 valence electrons. The van der Waals surface area contributed by atoms with E-state index in [9.17, 15) is 4.79 Å². The number of hydrogen-bond donors (Lipinski definition) is 2. The van der Waals surface area contributed by atoms with Gasteiger partial charge in [-0.25, -0.2) is 0 Å². The lowest BCUT2D eigenvalue weighted by Gasteiger charge is -2.37. The first kappa shape index (κ1) is 21.2. The van der Waals surface area contributed by atoms with Crippen LogP contribution in [0.4, 0.5) is 0 Å². The van der Waals surface area contributed by atoms with Gasteiger partial charge in [-0.05, 0) is 17.5 Å². The molecular weight excluding hydrogens is 349 g/mol. The third-order valence-corrected chi connectivity index (χ3v) is 4.52. The molecule has 0 aromatic heterocycles. The Morgan fingerprint density at radius 2 is 1.88 bits per heavy atom. The lowest BCUT2D eigenvalue weighted by molar-refractivity contribution is -0.142. The maximum absolute atomic E-state index is 12.5. The van der Waals surface area contributed by atoms with Crippen LogP contribution in [0, 0.1) is 0 Å². The highest BCUT2D eigenvalue weighted by Crippen LogP contribution is 2.23. The molecular formula is C17H27Cl2N3O2. The molecule has 1 unspecified atom stereocenters. The molecule has 24 heavy (non-hydrogen) atoms. The third kappa shape index (κ3) is 5.07. The Morgan fingerprint density at radius 3 is 2.46 bits per heavy atom. The van der Waals surface area contributed by atoms with E-state index in [2.05, 4.69) is 41.8 Å². The Labute approximate surface area is 156 Å². The molecule has 1 aromatic carbocycles. The largest absolute Gasteiger partial charge is 0.366 e. The summed E-state index contributed by atoms with van der Waals surface area (Å²) in [5, 5.41) is 6.54. The summed E-state index contributed by atoms with van der Waals surface area (Å²) >= 11 is 0. The van der Waals surface area contributed by atoms with Crippen molar-refractivity contribution in [2.75, 3.05) is 39.3 Å². The molecule has 3 rings (SSSR count). The summed E-state index contributed by atoms with van der Waals surface area (Å²) in [6.45, 7) is 6.46. The molecule has 0 radical (unpaired) electrons. The van der Waals surface area contributed by atoms with Crippen LogP contribution in [0.5, 0.6) is 0 Å². The Morgan fingerprint density at radius 1 is 1.17 bits per heavy atom. The monoisotopic (exact) mass is 375 g/mol. The van der Waals surface area contributed by atoms with Crippen molar-refractivity contribution in [2.45, 2.75) is 25.5 Å². The second-order valence-corrected chi connectivity index (χ2v) is 5.99. The highest BCUT2D eigenvalue weighted by atomic mass is 35.5. The van der Waals surface area contributed by atoms with Crippen LogP contribution in [0.1, 0.15) is 24.1 Å². The molecule has 0 saturated carbocycles. The standard InChI is InChI=1S/C17H25N3O2.2ClH/c1-2-13-3-5-14(6-4-13)16-11-18-7-8-20(16)17(21)12-22-15-9-19-10-15;;/h3-6,15-16,18-19H,2,7-12H2,1H3;2*1H. The number of carbonyl (C=O) groups excluding carboxylic acids is 1. The molecule has 2 fully saturated rings. The number of nitrogens with zero attached hydrogens (tertiary/aromatic N) is 1. The third-order valence-electron chi connectivity index (χ3n) is 4.52. The average Bonchev–Trinajstić information content (AvgIpc) is 2.53. The predicted molar refractivity (Wildman–Crippen MR) is 100 cm³/mol. The van der Waals surface area contributed by atoms with Crippen molar-refractivity contribution in [1.82, 2.24) is 15.5 Å². The lowest BCUT2D eigenvalue weighted by atomic mass is 10.0. The number of nitrogens with one attached hydrogen (secondary N) is 2. The number of aryl methyl sites for hydroxylation is 1.